The van der Waals surface area contributed by atoms with Crippen molar-refractivity contribution in [2.24, 2.45) is 0 Å². The molecule has 8 rings (SSSR count). The number of rotatable bonds is 14. The average Bonchev–Trinajstić information content (AvgIpc) is 3.86. The van der Waals surface area contributed by atoms with Gasteiger partial charge in [0.05, 0.1) is 34.4 Å². The zero-order valence-electron chi connectivity index (χ0n) is 27.8. The van der Waals surface area contributed by atoms with E-state index >= 15 is 0 Å². The number of hydrogen-bond donors (Lipinski definition) is 3. The molecule has 0 amide bonds. The molecule has 3 aromatic heterocycles. The molecule has 0 unspecified atom stereocenters. The Bertz CT molecular complexity index is 2870. The molecule has 19 heteroatoms. The number of furan rings is 2. The summed E-state index contributed by atoms with van der Waals surface area (Å²) in [5.74, 6) is 0.471. The Morgan fingerprint density at radius 1 is 0.796 bits per heavy atom. The van der Waals surface area contributed by atoms with Crippen LogP contribution in [0.4, 0.5) is 5.69 Å². The Balaban J connectivity index is 1.25. The molecule has 3 N–H and O–H groups in total. The SMILES string of the molecule is O=CCCCC[n+]1c(C=C2Oc3cc4c(cc3N2CCCS(=O)(=O)O)oc2ccc(S(=O)(=O)O)cc24)oc2cc3c(cc21)oc1ccc(SOOO)cc13. The molecular formula is C35H29N2O14S3+. The van der Waals surface area contributed by atoms with E-state index in [1.165, 1.54) is 18.2 Å². The van der Waals surface area contributed by atoms with Crippen LogP contribution in [0.25, 0.3) is 61.1 Å². The standard InChI is InChI=1S/C35H28N2O14S3/c38-11-3-1-2-9-36-26-17-30-24(22-13-20(52-51-50-39)5-7-28(22)46-30)15-32(26)48-34(36)19-35-37(10-4-12-53(40,41)42)27-18-31-25(16-33(27)49-35)23-14-21(54(43,44)45)6-8-29(23)47-31/h5-8,11,13-19H,1-4,9-10,12H2,(H2-,39,40,41,42,43,44,45)/p+1. The van der Waals surface area contributed by atoms with Gasteiger partial charge < -0.3 is 27.7 Å². The van der Waals surface area contributed by atoms with Crippen molar-refractivity contribution in [2.75, 3.05) is 17.2 Å². The van der Waals surface area contributed by atoms with Crippen molar-refractivity contribution in [3.05, 3.63) is 72.4 Å². The van der Waals surface area contributed by atoms with E-state index in [2.05, 4.69) is 9.37 Å². The molecule has 0 spiro atoms. The summed E-state index contributed by atoms with van der Waals surface area (Å²) in [6.07, 6.45) is 4.19. The second-order valence-corrected chi connectivity index (χ2v) is 16.3. The predicted octanol–water partition coefficient (Wildman–Crippen LogP) is 7.04. The second-order valence-electron chi connectivity index (χ2n) is 12.5. The minimum atomic E-state index is -4.49. The third-order valence-corrected chi connectivity index (χ3v) is 11.3. The number of benzene rings is 4. The summed E-state index contributed by atoms with van der Waals surface area (Å²) < 4.78 is 97.7. The van der Waals surface area contributed by atoms with Crippen LogP contribution < -0.4 is 14.2 Å². The zero-order chi connectivity index (χ0) is 37.8. The monoisotopic (exact) mass is 797 g/mol. The third-order valence-electron chi connectivity index (χ3n) is 9.03. The molecule has 0 bridgehead atoms. The molecule has 54 heavy (non-hydrogen) atoms. The van der Waals surface area contributed by atoms with Crippen molar-refractivity contribution in [1.82, 2.24) is 0 Å². The molecule has 4 heterocycles. The highest BCUT2D eigenvalue weighted by Gasteiger charge is 2.32. The number of carbonyl (C=O) groups excluding carboxylic acids is 1. The number of carbonyl (C=O) groups is 1. The summed E-state index contributed by atoms with van der Waals surface area (Å²) in [6, 6.07) is 16.3. The molecule has 0 fully saturated rings. The number of ether oxygens (including phenoxy) is 1. The highest BCUT2D eigenvalue weighted by Crippen LogP contribution is 2.45. The first-order valence-corrected chi connectivity index (χ1v) is 20.2. The van der Waals surface area contributed by atoms with Gasteiger partial charge in [0.1, 0.15) is 34.7 Å². The number of unbranched alkanes of at least 4 members (excludes halogenated alkanes) is 2. The van der Waals surface area contributed by atoms with Gasteiger partial charge in [-0.15, -0.1) is 4.33 Å². The second kappa shape index (κ2) is 14.0. The quantitative estimate of drug-likeness (QED) is 0.0191. The summed E-state index contributed by atoms with van der Waals surface area (Å²) in [6.45, 7) is 0.552. The lowest BCUT2D eigenvalue weighted by Gasteiger charge is -2.17. The number of anilines is 1. The fourth-order valence-corrected chi connectivity index (χ4v) is 8.05. The third kappa shape index (κ3) is 6.91. The lowest BCUT2D eigenvalue weighted by Crippen LogP contribution is -2.36. The van der Waals surface area contributed by atoms with Crippen LogP contribution in [0.1, 0.15) is 31.6 Å². The largest absolute Gasteiger partial charge is 0.456 e. The number of aldehydes is 1. The molecule has 0 aliphatic carbocycles. The van der Waals surface area contributed by atoms with E-state index < -0.39 is 26.0 Å². The summed E-state index contributed by atoms with van der Waals surface area (Å²) >= 11 is 0.813. The normalized spacial score (nSPS) is 14.4. The van der Waals surface area contributed by atoms with Crippen molar-refractivity contribution in [3.63, 3.8) is 0 Å². The van der Waals surface area contributed by atoms with Crippen LogP contribution in [0.3, 0.4) is 0 Å². The van der Waals surface area contributed by atoms with Crippen molar-refractivity contribution in [1.29, 1.82) is 0 Å². The van der Waals surface area contributed by atoms with Crippen molar-refractivity contribution >= 4 is 105 Å². The topological polar surface area (TPSA) is 220 Å². The van der Waals surface area contributed by atoms with Crippen molar-refractivity contribution in [3.8, 4) is 5.75 Å². The summed E-state index contributed by atoms with van der Waals surface area (Å²) in [5.41, 5.74) is 3.64. The Kier molecular flexibility index (Phi) is 9.35. The average molecular weight is 798 g/mol. The van der Waals surface area contributed by atoms with Gasteiger partial charge in [-0.25, -0.2) is 5.26 Å². The molecule has 16 nitrogen and oxygen atoms in total. The van der Waals surface area contributed by atoms with Crippen molar-refractivity contribution < 1.29 is 67.9 Å². The molecule has 280 valence electrons. The van der Waals surface area contributed by atoms with Crippen LogP contribution in [0, 0.1) is 0 Å². The predicted molar refractivity (Wildman–Crippen MR) is 195 cm³/mol. The zero-order valence-corrected chi connectivity index (χ0v) is 30.3. The van der Waals surface area contributed by atoms with E-state index in [-0.39, 0.29) is 23.7 Å². The first-order chi connectivity index (χ1) is 25.9. The van der Waals surface area contributed by atoms with Gasteiger partial charge in [-0.3, -0.25) is 9.11 Å². The molecular weight excluding hydrogens is 769 g/mol. The van der Waals surface area contributed by atoms with Crippen LogP contribution >= 0.6 is 12.0 Å². The van der Waals surface area contributed by atoms with Crippen LogP contribution in [-0.2, 0) is 40.9 Å². The Labute approximate surface area is 309 Å². The number of hydrogen-bond acceptors (Lipinski definition) is 14. The fourth-order valence-electron chi connectivity index (χ4n) is 6.65. The van der Waals surface area contributed by atoms with Gasteiger partial charge in [0.2, 0.25) is 11.5 Å². The van der Waals surface area contributed by atoms with E-state index in [1.807, 2.05) is 22.8 Å². The Hall–Kier alpha value is -4.99. The van der Waals surface area contributed by atoms with Crippen LogP contribution in [-0.4, -0.2) is 49.8 Å². The molecule has 4 aromatic carbocycles. The van der Waals surface area contributed by atoms with E-state index in [0.29, 0.717) is 92.2 Å². The van der Waals surface area contributed by atoms with Crippen LogP contribution in [0.5, 0.6) is 5.75 Å². The van der Waals surface area contributed by atoms with Crippen LogP contribution in [0.2, 0.25) is 0 Å². The van der Waals surface area contributed by atoms with Gasteiger partial charge >= 0.3 is 5.89 Å². The molecule has 7 aromatic rings. The summed E-state index contributed by atoms with van der Waals surface area (Å²) in [7, 11) is -8.76. The van der Waals surface area contributed by atoms with E-state index in [1.54, 1.807) is 35.2 Å². The van der Waals surface area contributed by atoms with E-state index in [9.17, 15) is 30.7 Å². The molecule has 0 radical (unpaired) electrons. The lowest BCUT2D eigenvalue weighted by molar-refractivity contribution is -0.678. The minimum Gasteiger partial charge on any atom is -0.456 e. The maximum atomic E-state index is 11.9. The number of fused-ring (bicyclic) bond motifs is 8. The molecule has 1 aliphatic rings. The number of nitrogens with zero attached hydrogens (tertiary/aromatic N) is 2. The van der Waals surface area contributed by atoms with E-state index in [4.69, 9.17) is 23.2 Å². The summed E-state index contributed by atoms with van der Waals surface area (Å²) in [4.78, 5) is 13.1. The van der Waals surface area contributed by atoms with Crippen LogP contribution in [0.15, 0.2) is 89.6 Å². The Morgan fingerprint density at radius 2 is 1.52 bits per heavy atom. The molecule has 0 saturated carbocycles. The fraction of sp³-hybridized carbons (Fsp3) is 0.200. The van der Waals surface area contributed by atoms with E-state index in [0.717, 1.165) is 29.1 Å². The number of aromatic nitrogens is 1. The van der Waals surface area contributed by atoms with Gasteiger partial charge in [0, 0.05) is 51.9 Å². The minimum absolute atomic E-state index is 0.0277. The number of oxazole rings is 1. The first-order valence-electron chi connectivity index (χ1n) is 16.4. The van der Waals surface area contributed by atoms with Gasteiger partial charge in [-0.1, -0.05) is 5.04 Å². The highest BCUT2D eigenvalue weighted by atomic mass is 32.2. The van der Waals surface area contributed by atoms with Crippen molar-refractivity contribution in [2.45, 2.75) is 42.0 Å². The van der Waals surface area contributed by atoms with Gasteiger partial charge in [-0.05, 0) is 61.4 Å². The highest BCUT2D eigenvalue weighted by molar-refractivity contribution is 7.94. The molecule has 0 saturated heterocycles. The molecule has 1 aliphatic heterocycles. The maximum absolute atomic E-state index is 11.9. The van der Waals surface area contributed by atoms with Gasteiger partial charge in [0.25, 0.3) is 25.8 Å². The Morgan fingerprint density at radius 3 is 2.26 bits per heavy atom. The smallest absolute Gasteiger partial charge is 0.379 e. The number of aryl methyl sites for hydroxylation is 1. The van der Waals surface area contributed by atoms with Gasteiger partial charge in [-0.2, -0.15) is 21.4 Å². The summed E-state index contributed by atoms with van der Waals surface area (Å²) in [5, 5.41) is 14.7. The maximum Gasteiger partial charge on any atom is 0.379 e. The lowest BCUT2D eigenvalue weighted by atomic mass is 10.1. The molecule has 0 atom stereocenters. The first kappa shape index (κ1) is 36.0. The van der Waals surface area contributed by atoms with Gasteiger partial charge in [0.15, 0.2) is 12.3 Å².